The Hall–Kier alpha value is -0.520. The molecule has 100 valence electrons. The van der Waals surface area contributed by atoms with E-state index in [2.05, 4.69) is 0 Å². The molecule has 1 rings (SSSR count). The SMILES string of the molecule is CC(C)(C)C1CCC=C(S(=O)(=O)C(F)(F)F)C1. The van der Waals surface area contributed by atoms with Crippen LogP contribution in [0.3, 0.4) is 0 Å². The summed E-state index contributed by atoms with van der Waals surface area (Å²) in [6.07, 6.45) is 2.34. The first-order valence-corrected chi connectivity index (χ1v) is 6.95. The zero-order valence-corrected chi connectivity index (χ0v) is 11.0. The van der Waals surface area contributed by atoms with Gasteiger partial charge in [0.25, 0.3) is 9.84 Å². The van der Waals surface area contributed by atoms with E-state index in [1.807, 2.05) is 20.8 Å². The predicted molar refractivity (Wildman–Crippen MR) is 59.9 cm³/mol. The van der Waals surface area contributed by atoms with Crippen molar-refractivity contribution in [1.29, 1.82) is 0 Å². The van der Waals surface area contributed by atoms with E-state index in [9.17, 15) is 21.6 Å². The first kappa shape index (κ1) is 14.5. The van der Waals surface area contributed by atoms with Crippen LogP contribution in [0.15, 0.2) is 11.0 Å². The largest absolute Gasteiger partial charge is 0.501 e. The molecule has 0 amide bonds. The van der Waals surface area contributed by atoms with Crippen molar-refractivity contribution in [2.24, 2.45) is 11.3 Å². The molecule has 1 aliphatic carbocycles. The van der Waals surface area contributed by atoms with Crippen LogP contribution in [0.4, 0.5) is 13.2 Å². The Kier molecular flexibility index (Phi) is 3.68. The summed E-state index contributed by atoms with van der Waals surface area (Å²) >= 11 is 0. The smallest absolute Gasteiger partial charge is 0.215 e. The van der Waals surface area contributed by atoms with E-state index in [1.165, 1.54) is 6.08 Å². The maximum atomic E-state index is 12.4. The van der Waals surface area contributed by atoms with E-state index in [4.69, 9.17) is 0 Å². The molecule has 2 nitrogen and oxygen atoms in total. The third kappa shape index (κ3) is 3.03. The lowest BCUT2D eigenvalue weighted by Gasteiger charge is -2.33. The van der Waals surface area contributed by atoms with E-state index < -0.39 is 20.3 Å². The third-order valence-corrected chi connectivity index (χ3v) is 4.84. The van der Waals surface area contributed by atoms with Gasteiger partial charge in [0.2, 0.25) is 0 Å². The first-order valence-electron chi connectivity index (χ1n) is 5.46. The number of hydrogen-bond acceptors (Lipinski definition) is 2. The number of allylic oxidation sites excluding steroid dienone is 2. The standard InChI is InChI=1S/C11H17F3O2S/c1-10(2,3)8-5-4-6-9(7-8)17(15,16)11(12,13)14/h6,8H,4-5,7H2,1-3H3. The Morgan fingerprint density at radius 2 is 1.76 bits per heavy atom. The maximum Gasteiger partial charge on any atom is 0.501 e. The molecule has 0 aliphatic heterocycles. The van der Waals surface area contributed by atoms with E-state index in [1.54, 1.807) is 0 Å². The van der Waals surface area contributed by atoms with Crippen molar-refractivity contribution in [3.05, 3.63) is 11.0 Å². The van der Waals surface area contributed by atoms with Gasteiger partial charge in [-0.3, -0.25) is 0 Å². The summed E-state index contributed by atoms with van der Waals surface area (Å²) in [5, 5.41) is 0. The van der Waals surface area contributed by atoms with Crippen LogP contribution in [0.25, 0.3) is 0 Å². The molecule has 0 aromatic carbocycles. The second-order valence-electron chi connectivity index (χ2n) is 5.46. The van der Waals surface area contributed by atoms with Crippen molar-refractivity contribution in [2.75, 3.05) is 0 Å². The molecular formula is C11H17F3O2S. The average Bonchev–Trinajstić information content (AvgIpc) is 2.15. The van der Waals surface area contributed by atoms with E-state index in [0.717, 1.165) is 6.42 Å². The monoisotopic (exact) mass is 270 g/mol. The van der Waals surface area contributed by atoms with Gasteiger partial charge < -0.3 is 0 Å². The van der Waals surface area contributed by atoms with Crippen molar-refractivity contribution in [1.82, 2.24) is 0 Å². The number of rotatable bonds is 1. The molecule has 0 aromatic rings. The molecule has 0 heterocycles. The Morgan fingerprint density at radius 1 is 1.24 bits per heavy atom. The third-order valence-electron chi connectivity index (χ3n) is 3.21. The van der Waals surface area contributed by atoms with Gasteiger partial charge in [0.1, 0.15) is 0 Å². The van der Waals surface area contributed by atoms with Crippen LogP contribution in [0.1, 0.15) is 40.0 Å². The molecule has 0 saturated heterocycles. The van der Waals surface area contributed by atoms with Crippen LogP contribution < -0.4 is 0 Å². The highest BCUT2D eigenvalue weighted by molar-refractivity contribution is 7.96. The second kappa shape index (κ2) is 4.30. The van der Waals surface area contributed by atoms with Gasteiger partial charge >= 0.3 is 5.51 Å². The Bertz CT molecular complexity index is 413. The van der Waals surface area contributed by atoms with Crippen molar-refractivity contribution in [3.8, 4) is 0 Å². The lowest BCUT2D eigenvalue weighted by molar-refractivity contribution is -0.0429. The highest BCUT2D eigenvalue weighted by Crippen LogP contribution is 2.42. The van der Waals surface area contributed by atoms with Crippen LogP contribution >= 0.6 is 0 Å². The average molecular weight is 270 g/mol. The fraction of sp³-hybridized carbons (Fsp3) is 0.818. The molecular weight excluding hydrogens is 253 g/mol. The summed E-state index contributed by atoms with van der Waals surface area (Å²) < 4.78 is 59.8. The molecule has 1 aliphatic rings. The molecule has 0 N–H and O–H groups in total. The van der Waals surface area contributed by atoms with Gasteiger partial charge in [-0.15, -0.1) is 0 Å². The topological polar surface area (TPSA) is 34.1 Å². The molecule has 6 heteroatoms. The summed E-state index contributed by atoms with van der Waals surface area (Å²) in [6.45, 7) is 5.75. The van der Waals surface area contributed by atoms with E-state index in [-0.39, 0.29) is 17.8 Å². The maximum absolute atomic E-state index is 12.4. The van der Waals surface area contributed by atoms with Crippen LogP contribution in [-0.2, 0) is 9.84 Å². The van der Waals surface area contributed by atoms with Gasteiger partial charge in [0.15, 0.2) is 0 Å². The lowest BCUT2D eigenvalue weighted by atomic mass is 9.74. The minimum atomic E-state index is -5.18. The fourth-order valence-electron chi connectivity index (χ4n) is 1.98. The minimum absolute atomic E-state index is 0.00859. The number of hydrogen-bond donors (Lipinski definition) is 0. The Morgan fingerprint density at radius 3 is 2.18 bits per heavy atom. The lowest BCUT2D eigenvalue weighted by Crippen LogP contribution is -2.30. The Balaban J connectivity index is 3.00. The summed E-state index contributed by atoms with van der Waals surface area (Å²) in [5.41, 5.74) is -5.36. The quantitative estimate of drug-likeness (QED) is 0.728. The highest BCUT2D eigenvalue weighted by Gasteiger charge is 2.49. The van der Waals surface area contributed by atoms with Crippen LogP contribution in [0.5, 0.6) is 0 Å². The molecule has 17 heavy (non-hydrogen) atoms. The summed E-state index contributed by atoms with van der Waals surface area (Å²) in [6, 6.07) is 0. The van der Waals surface area contributed by atoms with E-state index >= 15 is 0 Å². The fourth-order valence-corrected chi connectivity index (χ4v) is 3.04. The molecule has 0 saturated carbocycles. The van der Waals surface area contributed by atoms with Gasteiger partial charge in [0.05, 0.1) is 0 Å². The van der Waals surface area contributed by atoms with Gasteiger partial charge in [-0.05, 0) is 30.6 Å². The molecule has 0 radical (unpaired) electrons. The van der Waals surface area contributed by atoms with Crippen molar-refractivity contribution in [3.63, 3.8) is 0 Å². The van der Waals surface area contributed by atoms with Crippen molar-refractivity contribution in [2.45, 2.75) is 45.5 Å². The minimum Gasteiger partial charge on any atom is -0.215 e. The molecule has 0 spiro atoms. The summed E-state index contributed by atoms with van der Waals surface area (Å²) in [5.74, 6) is -0.0281. The van der Waals surface area contributed by atoms with Crippen molar-refractivity contribution < 1.29 is 21.6 Å². The summed E-state index contributed by atoms with van der Waals surface area (Å²) in [4.78, 5) is -0.462. The first-order chi connectivity index (χ1) is 7.46. The van der Waals surface area contributed by atoms with Crippen LogP contribution in [-0.4, -0.2) is 13.9 Å². The van der Waals surface area contributed by atoms with E-state index in [0.29, 0.717) is 6.42 Å². The van der Waals surface area contributed by atoms with Gasteiger partial charge in [-0.2, -0.15) is 13.2 Å². The summed E-state index contributed by atoms with van der Waals surface area (Å²) in [7, 11) is -5.13. The normalized spacial score (nSPS) is 23.4. The molecule has 1 unspecified atom stereocenters. The second-order valence-corrected chi connectivity index (χ2v) is 7.46. The van der Waals surface area contributed by atoms with Crippen molar-refractivity contribution >= 4 is 9.84 Å². The van der Waals surface area contributed by atoms with Gasteiger partial charge in [-0.1, -0.05) is 26.8 Å². The molecule has 0 bridgehead atoms. The zero-order valence-electron chi connectivity index (χ0n) is 10.1. The molecule has 1 atom stereocenters. The van der Waals surface area contributed by atoms with Crippen LogP contribution in [0, 0.1) is 11.3 Å². The van der Waals surface area contributed by atoms with Gasteiger partial charge in [-0.25, -0.2) is 8.42 Å². The number of alkyl halides is 3. The highest BCUT2D eigenvalue weighted by atomic mass is 32.2. The zero-order chi connectivity index (χ0) is 13.5. The number of halogens is 3. The predicted octanol–water partition coefficient (Wildman–Crippen LogP) is 3.65. The molecule has 0 aromatic heterocycles. The Labute approximate surface area is 99.8 Å². The number of sulfone groups is 1. The van der Waals surface area contributed by atoms with Crippen LogP contribution in [0.2, 0.25) is 0 Å². The molecule has 0 fully saturated rings. The van der Waals surface area contributed by atoms with Gasteiger partial charge in [0, 0.05) is 4.91 Å².